The van der Waals surface area contributed by atoms with Crippen LogP contribution in [0, 0.1) is 18.3 Å². The van der Waals surface area contributed by atoms with Crippen LogP contribution >= 0.6 is 23.2 Å². The highest BCUT2D eigenvalue weighted by Gasteiger charge is 2.19. The monoisotopic (exact) mass is 518 g/mol. The second kappa shape index (κ2) is 10.9. The second-order valence-corrected chi connectivity index (χ2v) is 8.58. The number of nitriles is 1. The van der Waals surface area contributed by atoms with Gasteiger partial charge >= 0.3 is 0 Å². The van der Waals surface area contributed by atoms with Gasteiger partial charge in [-0.3, -0.25) is 20.6 Å². The van der Waals surface area contributed by atoms with Gasteiger partial charge in [0.2, 0.25) is 0 Å². The molecule has 2 heterocycles. The van der Waals surface area contributed by atoms with Crippen molar-refractivity contribution in [1.29, 1.82) is 5.26 Å². The molecule has 0 spiro atoms. The number of carbonyl (C=O) groups excluding carboxylic acids is 1. The SMILES string of the molecule is Cc1cc(C(C#N)c2ccc(Cl)cc2)c(Cl)cc1Nc1ncnc(NNC(=O)c2cccnc2)c1N. The van der Waals surface area contributed by atoms with Crippen molar-refractivity contribution in [2.45, 2.75) is 12.8 Å². The zero-order valence-corrected chi connectivity index (χ0v) is 20.5. The number of benzene rings is 2. The highest BCUT2D eigenvalue weighted by atomic mass is 35.5. The Morgan fingerprint density at radius 3 is 2.56 bits per heavy atom. The number of halogens is 2. The lowest BCUT2D eigenvalue weighted by Gasteiger charge is -2.17. The summed E-state index contributed by atoms with van der Waals surface area (Å²) in [6.45, 7) is 1.88. The fourth-order valence-corrected chi connectivity index (χ4v) is 3.84. The molecule has 4 aromatic rings. The molecule has 1 amide bonds. The molecule has 1 unspecified atom stereocenters. The molecule has 0 saturated heterocycles. The first-order chi connectivity index (χ1) is 17.4. The van der Waals surface area contributed by atoms with Crippen molar-refractivity contribution in [3.05, 3.63) is 99.6 Å². The molecule has 2 aromatic carbocycles. The van der Waals surface area contributed by atoms with Gasteiger partial charge in [0.25, 0.3) is 5.91 Å². The van der Waals surface area contributed by atoms with Gasteiger partial charge in [-0.2, -0.15) is 5.26 Å². The number of rotatable bonds is 7. The molecule has 9 nitrogen and oxygen atoms in total. The van der Waals surface area contributed by atoms with Gasteiger partial charge in [-0.25, -0.2) is 9.97 Å². The first-order valence-electron chi connectivity index (χ1n) is 10.7. The smallest absolute Gasteiger partial charge is 0.271 e. The quantitative estimate of drug-likeness (QED) is 0.244. The van der Waals surface area contributed by atoms with Crippen LogP contribution in [0.2, 0.25) is 10.0 Å². The zero-order valence-electron chi connectivity index (χ0n) is 19.0. The van der Waals surface area contributed by atoms with Crippen LogP contribution in [-0.4, -0.2) is 20.9 Å². The maximum Gasteiger partial charge on any atom is 0.271 e. The van der Waals surface area contributed by atoms with E-state index in [1.54, 1.807) is 48.7 Å². The van der Waals surface area contributed by atoms with E-state index in [-0.39, 0.29) is 11.5 Å². The van der Waals surface area contributed by atoms with E-state index in [1.807, 2.05) is 13.0 Å². The topological polar surface area (TPSA) is 142 Å². The number of hydrogen-bond acceptors (Lipinski definition) is 8. The Balaban J connectivity index is 1.54. The molecule has 180 valence electrons. The molecule has 0 radical (unpaired) electrons. The summed E-state index contributed by atoms with van der Waals surface area (Å²) >= 11 is 12.6. The fourth-order valence-electron chi connectivity index (χ4n) is 3.45. The van der Waals surface area contributed by atoms with Gasteiger partial charge in [-0.05, 0) is 53.9 Å². The largest absolute Gasteiger partial charge is 0.393 e. The van der Waals surface area contributed by atoms with Gasteiger partial charge in [0, 0.05) is 28.1 Å². The van der Waals surface area contributed by atoms with Crippen molar-refractivity contribution >= 4 is 52.1 Å². The third-order valence-electron chi connectivity index (χ3n) is 5.34. The second-order valence-electron chi connectivity index (χ2n) is 7.73. The lowest BCUT2D eigenvalue weighted by molar-refractivity contribution is 0.0962. The van der Waals surface area contributed by atoms with Crippen molar-refractivity contribution in [3.63, 3.8) is 0 Å². The van der Waals surface area contributed by atoms with E-state index >= 15 is 0 Å². The average Bonchev–Trinajstić information content (AvgIpc) is 2.89. The number of hydrogen-bond donors (Lipinski definition) is 4. The Kier molecular flexibility index (Phi) is 7.49. The Morgan fingerprint density at radius 2 is 1.86 bits per heavy atom. The van der Waals surface area contributed by atoms with Crippen molar-refractivity contribution in [2.24, 2.45) is 0 Å². The Bertz CT molecular complexity index is 1440. The summed E-state index contributed by atoms with van der Waals surface area (Å²) in [5, 5.41) is 14.0. The van der Waals surface area contributed by atoms with E-state index in [9.17, 15) is 10.1 Å². The minimum absolute atomic E-state index is 0.180. The Morgan fingerprint density at radius 1 is 1.11 bits per heavy atom. The van der Waals surface area contributed by atoms with Gasteiger partial charge < -0.3 is 11.1 Å². The lowest BCUT2D eigenvalue weighted by Crippen LogP contribution is -2.30. The summed E-state index contributed by atoms with van der Waals surface area (Å²) in [6.07, 6.45) is 4.31. The van der Waals surface area contributed by atoms with E-state index < -0.39 is 11.8 Å². The molecule has 5 N–H and O–H groups in total. The molecular formula is C25H20Cl2N8O. The van der Waals surface area contributed by atoms with Crippen LogP contribution in [0.15, 0.2) is 67.3 Å². The molecule has 0 aliphatic heterocycles. The number of pyridine rings is 1. The standard InChI is InChI=1S/C25H20Cl2N8O/c1-14-9-18(19(11-28)15-4-6-17(26)7-5-15)20(27)10-21(14)33-23-22(29)24(32-13-31-23)34-35-25(36)16-3-2-8-30-12-16/h2-10,12-13,19H,29H2,1H3,(H,35,36)(H2,31,32,33,34). The number of aromatic nitrogens is 3. The number of hydrazine groups is 1. The van der Waals surface area contributed by atoms with Crippen molar-refractivity contribution in [3.8, 4) is 6.07 Å². The van der Waals surface area contributed by atoms with Crippen molar-refractivity contribution in [1.82, 2.24) is 20.4 Å². The van der Waals surface area contributed by atoms with Crippen LogP contribution in [0.1, 0.15) is 33.0 Å². The third kappa shape index (κ3) is 5.46. The van der Waals surface area contributed by atoms with E-state index in [4.69, 9.17) is 28.9 Å². The van der Waals surface area contributed by atoms with Gasteiger partial charge in [0.15, 0.2) is 11.6 Å². The maximum absolute atomic E-state index is 12.3. The van der Waals surface area contributed by atoms with Crippen molar-refractivity contribution < 1.29 is 4.79 Å². The normalized spacial score (nSPS) is 11.3. The Labute approximate surface area is 217 Å². The molecule has 0 aliphatic carbocycles. The summed E-state index contributed by atoms with van der Waals surface area (Å²) < 4.78 is 0. The molecule has 4 rings (SSSR count). The minimum atomic E-state index is -0.564. The van der Waals surface area contributed by atoms with Crippen LogP contribution in [0.25, 0.3) is 0 Å². The summed E-state index contributed by atoms with van der Waals surface area (Å²) in [5.74, 6) is -0.450. The number of nitrogen functional groups attached to an aromatic ring is 1. The lowest BCUT2D eigenvalue weighted by atomic mass is 9.91. The molecule has 0 fully saturated rings. The molecule has 36 heavy (non-hydrogen) atoms. The molecule has 11 heteroatoms. The molecule has 2 aromatic heterocycles. The molecular weight excluding hydrogens is 499 g/mol. The van der Waals surface area contributed by atoms with Crippen LogP contribution < -0.4 is 21.9 Å². The van der Waals surface area contributed by atoms with E-state index in [2.05, 4.69) is 37.2 Å². The fraction of sp³-hybridized carbons (Fsp3) is 0.0800. The Hall–Kier alpha value is -4.39. The molecule has 0 aliphatic rings. The van der Waals surface area contributed by atoms with Gasteiger partial charge in [0.1, 0.15) is 12.0 Å². The number of amides is 1. The summed E-state index contributed by atoms with van der Waals surface area (Å²) in [4.78, 5) is 24.5. The van der Waals surface area contributed by atoms with Crippen LogP contribution in [0.5, 0.6) is 0 Å². The highest BCUT2D eigenvalue weighted by molar-refractivity contribution is 6.32. The van der Waals surface area contributed by atoms with Crippen LogP contribution in [0.3, 0.4) is 0 Å². The predicted octanol–water partition coefficient (Wildman–Crippen LogP) is 5.23. The molecule has 0 bridgehead atoms. The number of nitrogens with zero attached hydrogens (tertiary/aromatic N) is 4. The number of nitrogens with two attached hydrogens (primary N) is 1. The van der Waals surface area contributed by atoms with E-state index in [1.165, 1.54) is 12.5 Å². The maximum atomic E-state index is 12.3. The van der Waals surface area contributed by atoms with Gasteiger partial charge in [-0.15, -0.1) is 0 Å². The summed E-state index contributed by atoms with van der Waals surface area (Å²) in [6, 6.07) is 16.2. The average molecular weight is 519 g/mol. The van der Waals surface area contributed by atoms with E-state index in [0.29, 0.717) is 32.7 Å². The highest BCUT2D eigenvalue weighted by Crippen LogP contribution is 2.36. The van der Waals surface area contributed by atoms with Crippen LogP contribution in [-0.2, 0) is 0 Å². The van der Waals surface area contributed by atoms with Crippen molar-refractivity contribution in [2.75, 3.05) is 16.5 Å². The van der Waals surface area contributed by atoms with Gasteiger partial charge in [-0.1, -0.05) is 41.4 Å². The molecule has 0 saturated carbocycles. The number of aryl methyl sites for hydroxylation is 1. The zero-order chi connectivity index (χ0) is 25.7. The first-order valence-corrected chi connectivity index (χ1v) is 11.4. The summed E-state index contributed by atoms with van der Waals surface area (Å²) in [7, 11) is 0. The molecule has 1 atom stereocenters. The number of nitrogens with one attached hydrogen (secondary N) is 3. The van der Waals surface area contributed by atoms with Crippen LogP contribution in [0.4, 0.5) is 23.0 Å². The first kappa shape index (κ1) is 24.7. The number of anilines is 4. The van der Waals surface area contributed by atoms with Gasteiger partial charge in [0.05, 0.1) is 17.6 Å². The van der Waals surface area contributed by atoms with E-state index in [0.717, 1.165) is 11.1 Å². The minimum Gasteiger partial charge on any atom is -0.393 e. The third-order valence-corrected chi connectivity index (χ3v) is 5.92. The summed E-state index contributed by atoms with van der Waals surface area (Å²) in [5.41, 5.74) is 14.9. The number of carbonyl (C=O) groups is 1. The predicted molar refractivity (Wildman–Crippen MR) is 140 cm³/mol.